The second-order valence-corrected chi connectivity index (χ2v) is 2.48. The van der Waals surface area contributed by atoms with Gasteiger partial charge in [0.25, 0.3) is 0 Å². The van der Waals surface area contributed by atoms with Crippen LogP contribution in [-0.2, 0) is 0 Å². The molecule has 0 radical (unpaired) electrons. The zero-order valence-corrected chi connectivity index (χ0v) is 7.82. The number of rotatable bonds is 4. The fourth-order valence-corrected chi connectivity index (χ4v) is 1.06. The molecule has 0 saturated heterocycles. The van der Waals surface area contributed by atoms with E-state index in [2.05, 4.69) is 5.92 Å². The van der Waals surface area contributed by atoms with Crippen LogP contribution in [0.5, 0.6) is 11.5 Å². The molecule has 0 aliphatic rings. The lowest BCUT2D eigenvalue weighted by Gasteiger charge is -2.08. The van der Waals surface area contributed by atoms with Gasteiger partial charge in [-0.05, 0) is 12.1 Å². The molecule has 3 nitrogen and oxygen atoms in total. The molecule has 0 aliphatic carbocycles. The van der Waals surface area contributed by atoms with E-state index in [-0.39, 0.29) is 6.61 Å². The normalized spacial score (nSPS) is 8.86. The average Bonchev–Trinajstić information content (AvgIpc) is 2.25. The van der Waals surface area contributed by atoms with E-state index < -0.39 is 0 Å². The average molecular weight is 190 g/mol. The standard InChI is InChI=1S/C11H10O3/c1-3-7-14-11-6-4-5-10(13-2)9(11)8-12/h1,4-6,8H,7H2,2H3. The highest BCUT2D eigenvalue weighted by Crippen LogP contribution is 2.26. The molecule has 0 heterocycles. The molecule has 1 rings (SSSR count). The maximum absolute atomic E-state index is 10.8. The van der Waals surface area contributed by atoms with E-state index in [4.69, 9.17) is 15.9 Å². The second kappa shape index (κ2) is 4.93. The van der Waals surface area contributed by atoms with Crippen LogP contribution in [0.2, 0.25) is 0 Å². The van der Waals surface area contributed by atoms with Gasteiger partial charge in [-0.3, -0.25) is 4.79 Å². The molecule has 1 aromatic rings. The van der Waals surface area contributed by atoms with Gasteiger partial charge < -0.3 is 9.47 Å². The Hall–Kier alpha value is -1.95. The lowest BCUT2D eigenvalue weighted by atomic mass is 10.2. The van der Waals surface area contributed by atoms with Gasteiger partial charge >= 0.3 is 0 Å². The lowest BCUT2D eigenvalue weighted by Crippen LogP contribution is -1.99. The van der Waals surface area contributed by atoms with Gasteiger partial charge in [0, 0.05) is 0 Å². The fraction of sp³-hybridized carbons (Fsp3) is 0.182. The Morgan fingerprint density at radius 1 is 1.50 bits per heavy atom. The van der Waals surface area contributed by atoms with Crippen LogP contribution >= 0.6 is 0 Å². The summed E-state index contributed by atoms with van der Waals surface area (Å²) >= 11 is 0. The molecule has 0 fully saturated rings. The number of aldehydes is 1. The Balaban J connectivity index is 3.03. The van der Waals surface area contributed by atoms with Crippen LogP contribution in [0.15, 0.2) is 18.2 Å². The van der Waals surface area contributed by atoms with Crippen molar-refractivity contribution in [2.24, 2.45) is 0 Å². The number of hydrogen-bond donors (Lipinski definition) is 0. The number of hydrogen-bond acceptors (Lipinski definition) is 3. The SMILES string of the molecule is C#CCOc1cccc(OC)c1C=O. The van der Waals surface area contributed by atoms with Crippen molar-refractivity contribution < 1.29 is 14.3 Å². The maximum atomic E-state index is 10.8. The summed E-state index contributed by atoms with van der Waals surface area (Å²) in [6.07, 6.45) is 5.73. The summed E-state index contributed by atoms with van der Waals surface area (Å²) in [6.45, 7) is 0.133. The summed E-state index contributed by atoms with van der Waals surface area (Å²) in [5.41, 5.74) is 0.380. The Morgan fingerprint density at radius 3 is 2.79 bits per heavy atom. The first-order valence-corrected chi connectivity index (χ1v) is 4.02. The third kappa shape index (κ3) is 2.05. The van der Waals surface area contributed by atoms with E-state index in [1.165, 1.54) is 7.11 Å². The van der Waals surface area contributed by atoms with Crippen molar-refractivity contribution in [3.8, 4) is 23.8 Å². The molecule has 0 N–H and O–H groups in total. The van der Waals surface area contributed by atoms with Gasteiger partial charge in [-0.2, -0.15) is 0 Å². The van der Waals surface area contributed by atoms with Crippen LogP contribution in [0, 0.1) is 12.3 Å². The zero-order chi connectivity index (χ0) is 10.4. The lowest BCUT2D eigenvalue weighted by molar-refractivity contribution is 0.111. The maximum Gasteiger partial charge on any atom is 0.157 e. The highest BCUT2D eigenvalue weighted by molar-refractivity contribution is 5.83. The highest BCUT2D eigenvalue weighted by Gasteiger charge is 2.08. The Labute approximate surface area is 82.6 Å². The largest absolute Gasteiger partial charge is 0.496 e. The number of ether oxygens (including phenoxy) is 2. The molecule has 72 valence electrons. The molecule has 3 heteroatoms. The molecule has 0 aliphatic heterocycles. The quantitative estimate of drug-likeness (QED) is 0.533. The Bertz CT molecular complexity index is 363. The number of benzene rings is 1. The predicted molar refractivity (Wildman–Crippen MR) is 52.7 cm³/mol. The monoisotopic (exact) mass is 190 g/mol. The fourth-order valence-electron chi connectivity index (χ4n) is 1.06. The minimum atomic E-state index is 0.133. The molecule has 0 saturated carbocycles. The van der Waals surface area contributed by atoms with Crippen molar-refractivity contribution >= 4 is 6.29 Å². The first kappa shape index (κ1) is 10.1. The van der Waals surface area contributed by atoms with Crippen LogP contribution in [0.4, 0.5) is 0 Å². The molecular formula is C11H10O3. The molecule has 0 unspecified atom stereocenters. The summed E-state index contributed by atoms with van der Waals surface area (Å²) in [7, 11) is 1.49. The third-order valence-electron chi connectivity index (χ3n) is 1.67. The van der Waals surface area contributed by atoms with Crippen molar-refractivity contribution in [1.82, 2.24) is 0 Å². The van der Waals surface area contributed by atoms with Gasteiger partial charge in [0.2, 0.25) is 0 Å². The van der Waals surface area contributed by atoms with Crippen LogP contribution in [0.3, 0.4) is 0 Å². The molecule has 1 aromatic carbocycles. The van der Waals surface area contributed by atoms with Gasteiger partial charge in [-0.25, -0.2) is 0 Å². The highest BCUT2D eigenvalue weighted by atomic mass is 16.5. The van der Waals surface area contributed by atoms with E-state index in [0.29, 0.717) is 23.3 Å². The van der Waals surface area contributed by atoms with Gasteiger partial charge in [0.05, 0.1) is 12.7 Å². The van der Waals surface area contributed by atoms with E-state index in [0.717, 1.165) is 0 Å². The predicted octanol–water partition coefficient (Wildman–Crippen LogP) is 1.52. The first-order valence-electron chi connectivity index (χ1n) is 4.02. The summed E-state index contributed by atoms with van der Waals surface area (Å²) in [4.78, 5) is 10.8. The number of carbonyl (C=O) groups excluding carboxylic acids is 1. The molecule has 0 bridgehead atoms. The van der Waals surface area contributed by atoms with E-state index in [9.17, 15) is 4.79 Å². The van der Waals surface area contributed by atoms with Crippen molar-refractivity contribution in [3.05, 3.63) is 23.8 Å². The van der Waals surface area contributed by atoms with Gasteiger partial charge in [-0.15, -0.1) is 6.42 Å². The topological polar surface area (TPSA) is 35.5 Å². The molecule has 0 spiro atoms. The number of terminal acetylenes is 1. The molecule has 0 aromatic heterocycles. The summed E-state index contributed by atoms with van der Waals surface area (Å²) in [5.74, 6) is 3.25. The first-order chi connectivity index (χ1) is 6.83. The summed E-state index contributed by atoms with van der Waals surface area (Å²) in [5, 5.41) is 0. The molecular weight excluding hydrogens is 180 g/mol. The smallest absolute Gasteiger partial charge is 0.157 e. The summed E-state index contributed by atoms with van der Waals surface area (Å²) < 4.78 is 10.2. The minimum Gasteiger partial charge on any atom is -0.496 e. The Kier molecular flexibility index (Phi) is 3.57. The third-order valence-corrected chi connectivity index (χ3v) is 1.67. The summed E-state index contributed by atoms with van der Waals surface area (Å²) in [6, 6.07) is 5.09. The second-order valence-electron chi connectivity index (χ2n) is 2.48. The van der Waals surface area contributed by atoms with Crippen molar-refractivity contribution in [2.45, 2.75) is 0 Å². The van der Waals surface area contributed by atoms with Crippen LogP contribution in [0.1, 0.15) is 10.4 Å². The van der Waals surface area contributed by atoms with Gasteiger partial charge in [-0.1, -0.05) is 12.0 Å². The molecule has 0 atom stereocenters. The van der Waals surface area contributed by atoms with Crippen LogP contribution in [-0.4, -0.2) is 20.0 Å². The van der Waals surface area contributed by atoms with Crippen LogP contribution < -0.4 is 9.47 Å². The molecule has 14 heavy (non-hydrogen) atoms. The zero-order valence-electron chi connectivity index (χ0n) is 7.82. The van der Waals surface area contributed by atoms with E-state index in [1.54, 1.807) is 18.2 Å². The van der Waals surface area contributed by atoms with Gasteiger partial charge in [0.15, 0.2) is 6.29 Å². The van der Waals surface area contributed by atoms with Crippen molar-refractivity contribution in [1.29, 1.82) is 0 Å². The van der Waals surface area contributed by atoms with E-state index in [1.807, 2.05) is 0 Å². The Morgan fingerprint density at radius 2 is 2.21 bits per heavy atom. The van der Waals surface area contributed by atoms with Gasteiger partial charge in [0.1, 0.15) is 18.1 Å². The van der Waals surface area contributed by atoms with Crippen LogP contribution in [0.25, 0.3) is 0 Å². The number of carbonyl (C=O) groups is 1. The van der Waals surface area contributed by atoms with Crippen molar-refractivity contribution in [3.63, 3.8) is 0 Å². The minimum absolute atomic E-state index is 0.133. The van der Waals surface area contributed by atoms with Crippen molar-refractivity contribution in [2.75, 3.05) is 13.7 Å². The van der Waals surface area contributed by atoms with E-state index >= 15 is 0 Å². The number of methoxy groups -OCH3 is 1. The molecule has 0 amide bonds.